The predicted molar refractivity (Wildman–Crippen MR) is 109 cm³/mol. The minimum absolute atomic E-state index is 0.0407. The minimum Gasteiger partial charge on any atom is -0.481 e. The van der Waals surface area contributed by atoms with Crippen LogP contribution in [0.5, 0.6) is 5.88 Å². The first kappa shape index (κ1) is 19.7. The second-order valence-electron chi connectivity index (χ2n) is 8.15. The van der Waals surface area contributed by atoms with Gasteiger partial charge in [0.1, 0.15) is 0 Å². The first-order chi connectivity index (χ1) is 13.9. The van der Waals surface area contributed by atoms with Crippen LogP contribution in [-0.4, -0.2) is 66.1 Å². The fourth-order valence-electron chi connectivity index (χ4n) is 4.72. The van der Waals surface area contributed by atoms with E-state index in [2.05, 4.69) is 32.1 Å². The van der Waals surface area contributed by atoms with Crippen LogP contribution < -0.4 is 15.0 Å². The molecule has 1 spiro atoms. The Hall–Kier alpha value is -2.61. The molecule has 1 N–H and O–H groups in total. The Kier molecular flexibility index (Phi) is 5.21. The van der Waals surface area contributed by atoms with Gasteiger partial charge in [-0.15, -0.1) is 0 Å². The number of hydrogen-bond acceptors (Lipinski definition) is 7. The van der Waals surface area contributed by atoms with Gasteiger partial charge < -0.3 is 19.4 Å². The summed E-state index contributed by atoms with van der Waals surface area (Å²) in [7, 11) is 3.77. The summed E-state index contributed by atoms with van der Waals surface area (Å²) in [5, 5.41) is 3.25. The predicted octanol–water partition coefficient (Wildman–Crippen LogP) is 2.17. The van der Waals surface area contributed by atoms with Crippen LogP contribution in [0.15, 0.2) is 22.8 Å². The lowest BCUT2D eigenvalue weighted by atomic mass is 9.82. The second kappa shape index (κ2) is 7.67. The molecule has 4 rings (SSSR count). The Morgan fingerprint density at radius 3 is 2.90 bits per heavy atom. The van der Waals surface area contributed by atoms with Crippen molar-refractivity contribution >= 4 is 11.9 Å². The van der Waals surface area contributed by atoms with E-state index in [4.69, 9.17) is 9.15 Å². The molecule has 1 amide bonds. The highest BCUT2D eigenvalue weighted by Crippen LogP contribution is 2.37. The lowest BCUT2D eigenvalue weighted by Gasteiger charge is -2.47. The molecule has 2 aliphatic rings. The lowest BCUT2D eigenvalue weighted by Crippen LogP contribution is -2.63. The van der Waals surface area contributed by atoms with Crippen LogP contribution in [0.25, 0.3) is 0 Å². The summed E-state index contributed by atoms with van der Waals surface area (Å²) >= 11 is 0. The Morgan fingerprint density at radius 2 is 2.17 bits per heavy atom. The fourth-order valence-corrected chi connectivity index (χ4v) is 4.72. The highest BCUT2D eigenvalue weighted by molar-refractivity contribution is 5.93. The fraction of sp³-hybridized carbons (Fsp3) is 0.571. The summed E-state index contributed by atoms with van der Waals surface area (Å²) in [6.07, 6.45) is 4.50. The molecule has 2 aromatic heterocycles. The van der Waals surface area contributed by atoms with Crippen molar-refractivity contribution in [2.45, 2.75) is 44.7 Å². The Balaban J connectivity index is 1.58. The molecular formula is C21H29N5O3. The van der Waals surface area contributed by atoms with E-state index in [1.807, 2.05) is 26.0 Å². The van der Waals surface area contributed by atoms with E-state index in [0.29, 0.717) is 17.6 Å². The maximum absolute atomic E-state index is 12.8. The van der Waals surface area contributed by atoms with Gasteiger partial charge in [-0.1, -0.05) is 0 Å². The van der Waals surface area contributed by atoms with E-state index in [0.717, 1.165) is 50.2 Å². The van der Waals surface area contributed by atoms with Gasteiger partial charge in [0.15, 0.2) is 5.76 Å². The molecular weight excluding hydrogens is 370 g/mol. The van der Waals surface area contributed by atoms with Crippen molar-refractivity contribution in [1.29, 1.82) is 0 Å². The third-order valence-electron chi connectivity index (χ3n) is 6.35. The molecule has 0 radical (unpaired) electrons. The number of hydrogen-bond donors (Lipinski definition) is 1. The molecule has 0 saturated carbocycles. The topological polar surface area (TPSA) is 83.7 Å². The van der Waals surface area contributed by atoms with Crippen LogP contribution in [-0.2, 0) is 0 Å². The molecule has 2 aliphatic heterocycles. The van der Waals surface area contributed by atoms with Crippen LogP contribution in [0.3, 0.4) is 0 Å². The van der Waals surface area contributed by atoms with Gasteiger partial charge >= 0.3 is 0 Å². The highest BCUT2D eigenvalue weighted by Gasteiger charge is 2.50. The Labute approximate surface area is 171 Å². The number of methoxy groups -OCH3 is 1. The van der Waals surface area contributed by atoms with Gasteiger partial charge in [0.2, 0.25) is 11.8 Å². The number of likely N-dealkylation sites (tertiary alicyclic amines) is 1. The van der Waals surface area contributed by atoms with Crippen molar-refractivity contribution in [2.75, 3.05) is 38.7 Å². The molecule has 0 aromatic carbocycles. The Morgan fingerprint density at radius 1 is 1.34 bits per heavy atom. The molecule has 2 fully saturated rings. The normalized spacial score (nSPS) is 24.8. The zero-order valence-electron chi connectivity index (χ0n) is 17.6. The Bertz CT molecular complexity index is 898. The average Bonchev–Trinajstić information content (AvgIpc) is 3.26. The minimum atomic E-state index is -0.158. The molecule has 2 atom stereocenters. The standard InChI is InChI=1S/C21H29N5O3/c1-14-7-11-29-18(14)19(27)23-16-6-10-25(3)21(16)8-5-9-26(13-21)20-22-15(2)12-17(24-20)28-4/h7,11-12,16H,5-6,8-10,13H2,1-4H3,(H,23,27). The molecule has 2 unspecified atom stereocenters. The molecule has 0 aliphatic carbocycles. The highest BCUT2D eigenvalue weighted by atomic mass is 16.5. The van der Waals surface area contributed by atoms with E-state index in [1.165, 1.54) is 0 Å². The summed E-state index contributed by atoms with van der Waals surface area (Å²) in [5.41, 5.74) is 1.58. The quantitative estimate of drug-likeness (QED) is 0.843. The van der Waals surface area contributed by atoms with Gasteiger partial charge in [-0.2, -0.15) is 4.98 Å². The number of aromatic nitrogens is 2. The van der Waals surface area contributed by atoms with Gasteiger partial charge in [-0.25, -0.2) is 4.98 Å². The number of nitrogens with one attached hydrogen (secondary N) is 1. The van der Waals surface area contributed by atoms with E-state index in [9.17, 15) is 4.79 Å². The van der Waals surface area contributed by atoms with Crippen LogP contribution in [0.4, 0.5) is 5.95 Å². The molecule has 8 nitrogen and oxygen atoms in total. The van der Waals surface area contributed by atoms with Gasteiger partial charge in [0.25, 0.3) is 5.91 Å². The monoisotopic (exact) mass is 399 g/mol. The molecule has 0 bridgehead atoms. The molecule has 2 saturated heterocycles. The zero-order valence-corrected chi connectivity index (χ0v) is 17.6. The number of aryl methyl sites for hydroxylation is 2. The summed E-state index contributed by atoms with van der Waals surface area (Å²) in [5.74, 6) is 1.52. The first-order valence-electron chi connectivity index (χ1n) is 10.1. The largest absolute Gasteiger partial charge is 0.481 e. The number of carbonyl (C=O) groups excluding carboxylic acids is 1. The molecule has 29 heavy (non-hydrogen) atoms. The maximum Gasteiger partial charge on any atom is 0.287 e. The van der Waals surface area contributed by atoms with Crippen molar-refractivity contribution in [3.8, 4) is 5.88 Å². The summed E-state index contributed by atoms with van der Waals surface area (Å²) in [4.78, 5) is 26.6. The second-order valence-corrected chi connectivity index (χ2v) is 8.15. The van der Waals surface area contributed by atoms with Crippen molar-refractivity contribution in [1.82, 2.24) is 20.2 Å². The maximum atomic E-state index is 12.8. The molecule has 8 heteroatoms. The van der Waals surface area contributed by atoms with E-state index >= 15 is 0 Å². The van der Waals surface area contributed by atoms with Crippen LogP contribution in [0.2, 0.25) is 0 Å². The number of nitrogens with zero attached hydrogens (tertiary/aromatic N) is 4. The number of rotatable bonds is 4. The number of carbonyl (C=O) groups is 1. The van der Waals surface area contributed by atoms with Crippen LogP contribution in [0, 0.1) is 13.8 Å². The number of piperidine rings is 1. The number of amides is 1. The average molecular weight is 399 g/mol. The van der Waals surface area contributed by atoms with Gasteiger partial charge in [-0.05, 0) is 46.2 Å². The van der Waals surface area contributed by atoms with Crippen LogP contribution in [0.1, 0.15) is 41.1 Å². The van der Waals surface area contributed by atoms with E-state index in [1.54, 1.807) is 13.4 Å². The molecule has 4 heterocycles. The number of likely N-dealkylation sites (N-methyl/N-ethyl adjacent to an activating group) is 1. The summed E-state index contributed by atoms with van der Waals surface area (Å²) < 4.78 is 10.7. The number of anilines is 1. The smallest absolute Gasteiger partial charge is 0.287 e. The molecule has 156 valence electrons. The third kappa shape index (κ3) is 3.57. The zero-order chi connectivity index (χ0) is 20.6. The van der Waals surface area contributed by atoms with Gasteiger partial charge in [0, 0.05) is 37.0 Å². The number of furan rings is 1. The molecule has 2 aromatic rings. The SMILES string of the molecule is COc1cc(C)nc(N2CCCC3(C2)C(NC(=O)c2occc2C)CCN3C)n1. The van der Waals surface area contributed by atoms with Gasteiger partial charge in [0.05, 0.1) is 25.0 Å². The third-order valence-corrected chi connectivity index (χ3v) is 6.35. The van der Waals surface area contributed by atoms with Crippen molar-refractivity contribution in [2.24, 2.45) is 0 Å². The lowest BCUT2D eigenvalue weighted by molar-refractivity contribution is 0.0813. The summed E-state index contributed by atoms with van der Waals surface area (Å²) in [6.45, 7) is 6.43. The van der Waals surface area contributed by atoms with E-state index in [-0.39, 0.29) is 17.5 Å². The number of ether oxygens (including phenoxy) is 1. The first-order valence-corrected chi connectivity index (χ1v) is 10.1. The van der Waals surface area contributed by atoms with Crippen LogP contribution >= 0.6 is 0 Å². The van der Waals surface area contributed by atoms with Crippen molar-refractivity contribution in [3.05, 3.63) is 35.4 Å². The summed E-state index contributed by atoms with van der Waals surface area (Å²) in [6, 6.07) is 3.69. The van der Waals surface area contributed by atoms with Crippen molar-refractivity contribution in [3.63, 3.8) is 0 Å². The van der Waals surface area contributed by atoms with Crippen molar-refractivity contribution < 1.29 is 13.9 Å². The van der Waals surface area contributed by atoms with E-state index < -0.39 is 0 Å². The van der Waals surface area contributed by atoms with Gasteiger partial charge in [-0.3, -0.25) is 9.69 Å².